The Kier molecular flexibility index (Phi) is 6.99. The van der Waals surface area contributed by atoms with Crippen molar-refractivity contribution in [3.05, 3.63) is 48.3 Å². The Bertz CT molecular complexity index is 718. The summed E-state index contributed by atoms with van der Waals surface area (Å²) in [5, 5.41) is 0. The second-order valence-corrected chi connectivity index (χ2v) is 6.74. The van der Waals surface area contributed by atoms with Crippen molar-refractivity contribution in [3.63, 3.8) is 0 Å². The van der Waals surface area contributed by atoms with Gasteiger partial charge in [0.2, 0.25) is 0 Å². The lowest BCUT2D eigenvalue weighted by atomic mass is 9.79. The molecule has 0 bridgehead atoms. The molecule has 0 aliphatic carbocycles. The average molecular weight is 389 g/mol. The average Bonchev–Trinajstić information content (AvgIpc) is 2.99. The Morgan fingerprint density at radius 2 is 1.92 bits per heavy atom. The van der Waals surface area contributed by atoms with Gasteiger partial charge in [0.15, 0.2) is 0 Å². The van der Waals surface area contributed by atoms with Gasteiger partial charge in [-0.2, -0.15) is 0 Å². The third-order valence-electron chi connectivity index (χ3n) is 4.56. The number of carbonyl (C=O) groups is 1. The first-order chi connectivity index (χ1) is 10.9. The molecule has 1 aliphatic heterocycles. The molecule has 0 spiro atoms. The van der Waals surface area contributed by atoms with E-state index in [0.29, 0.717) is 24.5 Å². The van der Waals surface area contributed by atoms with Gasteiger partial charge in [-0.15, -0.1) is 24.8 Å². The van der Waals surface area contributed by atoms with Gasteiger partial charge in [0.25, 0.3) is 5.91 Å². The zero-order valence-electron chi connectivity index (χ0n) is 14.2. The van der Waals surface area contributed by atoms with Gasteiger partial charge in [-0.3, -0.25) is 9.36 Å². The van der Waals surface area contributed by atoms with E-state index in [0.717, 1.165) is 6.42 Å². The van der Waals surface area contributed by atoms with Crippen LogP contribution in [0, 0.1) is 11.2 Å². The van der Waals surface area contributed by atoms with Gasteiger partial charge in [-0.25, -0.2) is 9.37 Å². The molecule has 1 atom stereocenters. The molecule has 1 fully saturated rings. The maximum absolute atomic E-state index is 13.1. The number of halogens is 3. The topological polar surface area (TPSA) is 64.2 Å². The molecule has 2 N–H and O–H groups in total. The lowest BCUT2D eigenvalue weighted by Gasteiger charge is -2.42. The van der Waals surface area contributed by atoms with Gasteiger partial charge in [-0.1, -0.05) is 13.8 Å². The number of nitrogens with two attached hydrogens (primary N) is 1. The third kappa shape index (κ3) is 4.32. The SMILES string of the molecule is CC1(C)CN(C(=O)c2cncn2-c2ccc(F)cc2)CCC1N.Cl.Cl. The maximum Gasteiger partial charge on any atom is 0.272 e. The minimum Gasteiger partial charge on any atom is -0.337 e. The molecule has 1 saturated heterocycles. The van der Waals surface area contributed by atoms with Crippen LogP contribution in [0.25, 0.3) is 5.69 Å². The van der Waals surface area contributed by atoms with Crippen LogP contribution < -0.4 is 5.73 Å². The van der Waals surface area contributed by atoms with Crippen molar-refractivity contribution in [3.8, 4) is 5.69 Å². The monoisotopic (exact) mass is 388 g/mol. The first kappa shape index (κ1) is 21.4. The lowest BCUT2D eigenvalue weighted by molar-refractivity contribution is 0.0525. The maximum atomic E-state index is 13.1. The minimum atomic E-state index is -0.312. The minimum absolute atomic E-state index is 0. The molecule has 1 aromatic carbocycles. The number of piperidine rings is 1. The van der Waals surface area contributed by atoms with Crippen molar-refractivity contribution in [2.45, 2.75) is 26.3 Å². The quantitative estimate of drug-likeness (QED) is 0.859. The molecular weight excluding hydrogens is 366 g/mol. The highest BCUT2D eigenvalue weighted by atomic mass is 35.5. The van der Waals surface area contributed by atoms with Crippen LogP contribution in [0.15, 0.2) is 36.8 Å². The second-order valence-electron chi connectivity index (χ2n) is 6.74. The Balaban J connectivity index is 0.00000156. The van der Waals surface area contributed by atoms with Crippen LogP contribution in [0.3, 0.4) is 0 Å². The fourth-order valence-electron chi connectivity index (χ4n) is 2.97. The molecule has 1 aliphatic rings. The molecule has 2 heterocycles. The van der Waals surface area contributed by atoms with Gasteiger partial charge in [0.1, 0.15) is 11.5 Å². The highest BCUT2D eigenvalue weighted by Crippen LogP contribution is 2.28. The van der Waals surface area contributed by atoms with Crippen LogP contribution in [0.2, 0.25) is 0 Å². The van der Waals surface area contributed by atoms with E-state index in [4.69, 9.17) is 5.73 Å². The van der Waals surface area contributed by atoms with Gasteiger partial charge < -0.3 is 10.6 Å². The van der Waals surface area contributed by atoms with Crippen LogP contribution in [0.5, 0.6) is 0 Å². The van der Waals surface area contributed by atoms with E-state index in [2.05, 4.69) is 18.8 Å². The summed E-state index contributed by atoms with van der Waals surface area (Å²) in [6.45, 7) is 5.41. The number of rotatable bonds is 2. The van der Waals surface area contributed by atoms with Gasteiger partial charge in [0.05, 0.1) is 12.5 Å². The van der Waals surface area contributed by atoms with E-state index in [1.165, 1.54) is 12.1 Å². The number of hydrogen-bond acceptors (Lipinski definition) is 3. The Labute approximate surface area is 159 Å². The van der Waals surface area contributed by atoms with Crippen LogP contribution in [0.4, 0.5) is 4.39 Å². The second kappa shape index (κ2) is 8.17. The first-order valence-electron chi connectivity index (χ1n) is 7.71. The van der Waals surface area contributed by atoms with Crippen LogP contribution in [-0.4, -0.2) is 39.5 Å². The van der Waals surface area contributed by atoms with E-state index >= 15 is 0 Å². The zero-order chi connectivity index (χ0) is 16.6. The number of aromatic nitrogens is 2. The molecule has 5 nitrogen and oxygen atoms in total. The molecule has 138 valence electrons. The smallest absolute Gasteiger partial charge is 0.272 e. The van der Waals surface area contributed by atoms with Crippen molar-refractivity contribution in [2.24, 2.45) is 11.1 Å². The number of amides is 1. The lowest BCUT2D eigenvalue weighted by Crippen LogP contribution is -2.54. The molecule has 3 rings (SSSR count). The third-order valence-corrected chi connectivity index (χ3v) is 4.56. The number of hydrogen-bond donors (Lipinski definition) is 1. The number of likely N-dealkylation sites (tertiary alicyclic amines) is 1. The fraction of sp³-hybridized carbons (Fsp3) is 0.412. The highest BCUT2D eigenvalue weighted by molar-refractivity contribution is 5.93. The van der Waals surface area contributed by atoms with Gasteiger partial charge in [0, 0.05) is 24.8 Å². The van der Waals surface area contributed by atoms with Gasteiger partial charge >= 0.3 is 0 Å². The van der Waals surface area contributed by atoms with Crippen molar-refractivity contribution >= 4 is 30.7 Å². The molecule has 1 amide bonds. The van der Waals surface area contributed by atoms with Crippen molar-refractivity contribution in [1.29, 1.82) is 0 Å². The molecule has 1 unspecified atom stereocenters. The number of carbonyl (C=O) groups excluding carboxylic acids is 1. The Morgan fingerprint density at radius 3 is 2.52 bits per heavy atom. The molecule has 0 saturated carbocycles. The van der Waals surface area contributed by atoms with E-state index in [-0.39, 0.29) is 48.0 Å². The standard InChI is InChI=1S/C17H21FN4O.2ClH/c1-17(2)10-21(8-7-15(17)19)16(23)14-9-20-11-22(14)13-5-3-12(18)4-6-13;;/h3-6,9,11,15H,7-8,10,19H2,1-2H3;2*1H. The predicted octanol–water partition coefficient (Wildman–Crippen LogP) is 3.05. The molecular formula is C17H23Cl2FN4O. The van der Waals surface area contributed by atoms with E-state index in [9.17, 15) is 9.18 Å². The van der Waals surface area contributed by atoms with Crippen molar-refractivity contribution in [2.75, 3.05) is 13.1 Å². The molecule has 1 aromatic heterocycles. The van der Waals surface area contributed by atoms with Crippen molar-refractivity contribution in [1.82, 2.24) is 14.5 Å². The summed E-state index contributed by atoms with van der Waals surface area (Å²) in [5.41, 5.74) is 7.20. The van der Waals surface area contributed by atoms with Crippen LogP contribution in [-0.2, 0) is 0 Å². The number of benzene rings is 1. The summed E-state index contributed by atoms with van der Waals surface area (Å²) < 4.78 is 14.8. The van der Waals surface area contributed by atoms with Gasteiger partial charge in [-0.05, 0) is 36.1 Å². The van der Waals surface area contributed by atoms with E-state index in [1.807, 2.05) is 4.90 Å². The Morgan fingerprint density at radius 1 is 1.28 bits per heavy atom. The summed E-state index contributed by atoms with van der Waals surface area (Å²) in [4.78, 5) is 18.8. The largest absolute Gasteiger partial charge is 0.337 e. The number of nitrogens with zero attached hydrogens (tertiary/aromatic N) is 3. The van der Waals surface area contributed by atoms with E-state index in [1.54, 1.807) is 29.2 Å². The summed E-state index contributed by atoms with van der Waals surface area (Å²) in [6.07, 6.45) is 3.90. The summed E-state index contributed by atoms with van der Waals surface area (Å²) in [5.74, 6) is -0.389. The van der Waals surface area contributed by atoms with E-state index < -0.39 is 0 Å². The first-order valence-corrected chi connectivity index (χ1v) is 7.71. The number of imidazole rings is 1. The normalized spacial score (nSPS) is 18.9. The summed E-state index contributed by atoms with van der Waals surface area (Å²) in [7, 11) is 0. The zero-order valence-corrected chi connectivity index (χ0v) is 15.8. The highest BCUT2D eigenvalue weighted by Gasteiger charge is 2.36. The Hall–Kier alpha value is -1.63. The fourth-order valence-corrected chi connectivity index (χ4v) is 2.97. The molecule has 2 aromatic rings. The van der Waals surface area contributed by atoms with Crippen LogP contribution in [0.1, 0.15) is 30.8 Å². The summed E-state index contributed by atoms with van der Waals surface area (Å²) >= 11 is 0. The molecule has 25 heavy (non-hydrogen) atoms. The van der Waals surface area contributed by atoms with Crippen molar-refractivity contribution < 1.29 is 9.18 Å². The molecule has 0 radical (unpaired) electrons. The van der Waals surface area contributed by atoms with Crippen LogP contribution >= 0.6 is 24.8 Å². The summed E-state index contributed by atoms with van der Waals surface area (Å²) in [6, 6.07) is 6.08. The predicted molar refractivity (Wildman–Crippen MR) is 100 cm³/mol. The molecule has 8 heteroatoms.